The summed E-state index contributed by atoms with van der Waals surface area (Å²) in [6.45, 7) is 0. The van der Waals surface area contributed by atoms with E-state index < -0.39 is 0 Å². The van der Waals surface area contributed by atoms with Gasteiger partial charge in [-0.05, 0) is 139 Å². The Morgan fingerprint density at radius 3 is 1.55 bits per heavy atom. The Bertz CT molecular complexity index is 3940. The number of anilines is 3. The lowest BCUT2D eigenvalue weighted by atomic mass is 9.95. The van der Waals surface area contributed by atoms with E-state index >= 15 is 0 Å². The van der Waals surface area contributed by atoms with Crippen LogP contribution in [0.3, 0.4) is 0 Å². The molecule has 0 unspecified atom stereocenters. The summed E-state index contributed by atoms with van der Waals surface area (Å²) in [6, 6.07) is 84.9. The van der Waals surface area contributed by atoms with Crippen molar-refractivity contribution in [2.45, 2.75) is 0 Å². The van der Waals surface area contributed by atoms with Crippen LogP contribution < -0.4 is 4.90 Å². The Hall–Kier alpha value is -8.66. The maximum Gasteiger partial charge on any atom is 0.136 e. The maximum atomic E-state index is 6.44. The maximum absolute atomic E-state index is 6.44. The van der Waals surface area contributed by atoms with Gasteiger partial charge >= 0.3 is 0 Å². The molecule has 2 aromatic heterocycles. The van der Waals surface area contributed by atoms with Gasteiger partial charge in [-0.15, -0.1) is 0 Å². The molecule has 0 bridgehead atoms. The van der Waals surface area contributed by atoms with Crippen LogP contribution in [0, 0.1) is 0 Å². The minimum Gasteiger partial charge on any atom is -0.456 e. The second-order valence-corrected chi connectivity index (χ2v) is 16.9. The van der Waals surface area contributed by atoms with Crippen molar-refractivity contribution in [1.82, 2.24) is 0 Å². The third-order valence-electron chi connectivity index (χ3n) is 13.1. The number of hydrogen-bond donors (Lipinski definition) is 0. The van der Waals surface area contributed by atoms with Crippen LogP contribution in [0.4, 0.5) is 17.1 Å². The van der Waals surface area contributed by atoms with E-state index in [1.807, 2.05) is 12.1 Å². The average Bonchev–Trinajstić information content (AvgIpc) is 3.93. The first kappa shape index (κ1) is 36.9. The van der Waals surface area contributed by atoms with E-state index in [9.17, 15) is 0 Å². The quantitative estimate of drug-likeness (QED) is 0.160. The smallest absolute Gasteiger partial charge is 0.136 e. The van der Waals surface area contributed by atoms with Crippen molar-refractivity contribution >= 4 is 82.5 Å². The normalized spacial score (nSPS) is 11.7. The SMILES string of the molecule is c1cc(-c2ccc(N(c3ccc(-c4ccc5c(c4)oc4ccccc45)cc3)c3ccccc3-c3ccc4oc5cc6ccccc6cc5c4c3)cc2)cc(-c2cccc3ccccc23)c1. The van der Waals surface area contributed by atoms with Crippen molar-refractivity contribution < 1.29 is 8.83 Å². The van der Waals surface area contributed by atoms with Gasteiger partial charge in [-0.25, -0.2) is 0 Å². The molecule has 13 rings (SSSR count). The van der Waals surface area contributed by atoms with E-state index in [-0.39, 0.29) is 0 Å². The Balaban J connectivity index is 0.920. The van der Waals surface area contributed by atoms with E-state index in [0.717, 1.165) is 88.8 Å². The molecule has 65 heavy (non-hydrogen) atoms. The third kappa shape index (κ3) is 6.36. The van der Waals surface area contributed by atoms with Gasteiger partial charge in [0, 0.05) is 38.5 Å². The predicted molar refractivity (Wildman–Crippen MR) is 272 cm³/mol. The van der Waals surface area contributed by atoms with Crippen LogP contribution in [0.2, 0.25) is 0 Å². The summed E-state index contributed by atoms with van der Waals surface area (Å²) in [5.41, 5.74) is 16.0. The van der Waals surface area contributed by atoms with Crippen LogP contribution in [0.25, 0.3) is 110 Å². The van der Waals surface area contributed by atoms with Crippen LogP contribution >= 0.6 is 0 Å². The topological polar surface area (TPSA) is 29.5 Å². The molecule has 0 aliphatic heterocycles. The van der Waals surface area contributed by atoms with Crippen molar-refractivity contribution in [2.75, 3.05) is 4.90 Å². The summed E-state index contributed by atoms with van der Waals surface area (Å²) in [5, 5.41) is 9.35. The third-order valence-corrected chi connectivity index (χ3v) is 13.1. The van der Waals surface area contributed by atoms with Crippen molar-refractivity contribution in [1.29, 1.82) is 0 Å². The molecule has 0 fully saturated rings. The summed E-state index contributed by atoms with van der Waals surface area (Å²) in [6.07, 6.45) is 0. The fourth-order valence-electron chi connectivity index (χ4n) is 9.82. The molecular weight excluding hydrogens is 791 g/mol. The van der Waals surface area contributed by atoms with Gasteiger partial charge in [0.25, 0.3) is 0 Å². The van der Waals surface area contributed by atoms with Gasteiger partial charge in [0.05, 0.1) is 5.69 Å². The first-order valence-corrected chi connectivity index (χ1v) is 22.1. The second kappa shape index (κ2) is 15.0. The Labute approximate surface area is 375 Å². The van der Waals surface area contributed by atoms with Crippen LogP contribution in [-0.4, -0.2) is 0 Å². The monoisotopic (exact) mass is 829 g/mol. The number of benzene rings is 11. The molecule has 0 saturated heterocycles. The molecule has 0 N–H and O–H groups in total. The summed E-state index contributed by atoms with van der Waals surface area (Å²) in [7, 11) is 0. The summed E-state index contributed by atoms with van der Waals surface area (Å²) < 4.78 is 12.7. The molecule has 0 aliphatic carbocycles. The van der Waals surface area contributed by atoms with Gasteiger partial charge in [-0.3, -0.25) is 0 Å². The molecule has 13 aromatic rings. The zero-order valence-electron chi connectivity index (χ0n) is 35.3. The van der Waals surface area contributed by atoms with Gasteiger partial charge in [0.1, 0.15) is 22.3 Å². The van der Waals surface area contributed by atoms with Gasteiger partial charge in [0.15, 0.2) is 0 Å². The highest BCUT2D eigenvalue weighted by Crippen LogP contribution is 2.44. The highest BCUT2D eigenvalue weighted by Gasteiger charge is 2.19. The standard InChI is InChI=1S/C62H39NO2/c1-2-13-45-38-62-57(36-44(45)12-1)56-37-48(28-34-60(56)65-62)53-18-5-7-21-58(53)63(50-31-25-41(26-32-50)46-27-33-55-54-19-6-8-22-59(54)64-61(55)39-46)49-29-23-40(24-30-49)43-15-9-16-47(35-43)52-20-10-14-42-11-3-4-17-51(42)52/h1-39H. The molecule has 304 valence electrons. The lowest BCUT2D eigenvalue weighted by Gasteiger charge is -2.28. The molecule has 11 aromatic carbocycles. The average molecular weight is 830 g/mol. The molecule has 2 heterocycles. The van der Waals surface area contributed by atoms with E-state index in [4.69, 9.17) is 8.83 Å². The molecule has 3 nitrogen and oxygen atoms in total. The van der Waals surface area contributed by atoms with Gasteiger partial charge < -0.3 is 13.7 Å². The van der Waals surface area contributed by atoms with E-state index in [2.05, 4.69) is 229 Å². The van der Waals surface area contributed by atoms with Crippen molar-refractivity contribution in [3.63, 3.8) is 0 Å². The van der Waals surface area contributed by atoms with E-state index in [1.165, 1.54) is 38.2 Å². The van der Waals surface area contributed by atoms with Gasteiger partial charge in [-0.1, -0.05) is 158 Å². The van der Waals surface area contributed by atoms with Crippen molar-refractivity contribution in [2.24, 2.45) is 0 Å². The number of nitrogens with zero attached hydrogens (tertiary/aromatic N) is 1. The highest BCUT2D eigenvalue weighted by atomic mass is 16.3. The summed E-state index contributed by atoms with van der Waals surface area (Å²) >= 11 is 0. The lowest BCUT2D eigenvalue weighted by molar-refractivity contribution is 0.669. The van der Waals surface area contributed by atoms with Gasteiger partial charge in [-0.2, -0.15) is 0 Å². The predicted octanol–water partition coefficient (Wildman–Crippen LogP) is 17.9. The Morgan fingerprint density at radius 2 is 0.754 bits per heavy atom. The molecule has 0 saturated carbocycles. The first-order valence-electron chi connectivity index (χ1n) is 22.1. The molecule has 0 aliphatic rings. The molecule has 0 amide bonds. The van der Waals surface area contributed by atoms with Crippen molar-refractivity contribution in [3.05, 3.63) is 237 Å². The fraction of sp³-hybridized carbons (Fsp3) is 0. The van der Waals surface area contributed by atoms with Gasteiger partial charge in [0.2, 0.25) is 0 Å². The van der Waals surface area contributed by atoms with Crippen LogP contribution in [0.5, 0.6) is 0 Å². The minimum atomic E-state index is 0.880. The molecule has 0 atom stereocenters. The number of hydrogen-bond acceptors (Lipinski definition) is 3. The zero-order valence-corrected chi connectivity index (χ0v) is 35.3. The minimum absolute atomic E-state index is 0.880. The fourth-order valence-corrected chi connectivity index (χ4v) is 9.82. The van der Waals surface area contributed by atoms with Crippen LogP contribution in [0.1, 0.15) is 0 Å². The van der Waals surface area contributed by atoms with Crippen LogP contribution in [-0.2, 0) is 0 Å². The molecule has 0 radical (unpaired) electrons. The second-order valence-electron chi connectivity index (χ2n) is 16.9. The first-order chi connectivity index (χ1) is 32.2. The zero-order chi connectivity index (χ0) is 42.8. The number of para-hydroxylation sites is 2. The largest absolute Gasteiger partial charge is 0.456 e. The number of rotatable bonds is 7. The van der Waals surface area contributed by atoms with Crippen LogP contribution in [0.15, 0.2) is 245 Å². The number of furan rings is 2. The highest BCUT2D eigenvalue weighted by molar-refractivity contribution is 6.11. The van der Waals surface area contributed by atoms with E-state index in [1.54, 1.807) is 0 Å². The lowest BCUT2D eigenvalue weighted by Crippen LogP contribution is -2.11. The Morgan fingerprint density at radius 1 is 0.246 bits per heavy atom. The summed E-state index contributed by atoms with van der Waals surface area (Å²) in [4.78, 5) is 2.38. The molecule has 0 spiro atoms. The number of fused-ring (bicyclic) bond motifs is 8. The van der Waals surface area contributed by atoms with E-state index in [0.29, 0.717) is 0 Å². The van der Waals surface area contributed by atoms with Crippen molar-refractivity contribution in [3.8, 4) is 44.5 Å². The molecule has 3 heteroatoms. The summed E-state index contributed by atoms with van der Waals surface area (Å²) in [5.74, 6) is 0. The Kier molecular flexibility index (Phi) is 8.53. The molecular formula is C62H39NO2.